The minimum Gasteiger partial charge on any atom is -0.470 e. The lowest BCUT2D eigenvalue weighted by molar-refractivity contribution is 0.534. The Labute approximate surface area is 197 Å². The first-order valence-electron chi connectivity index (χ1n) is 11.0. The number of hydrogen-bond acceptors (Lipinski definition) is 5. The van der Waals surface area contributed by atoms with Crippen LogP contribution in [0.5, 0.6) is 0 Å². The number of hydrogen-bond donors (Lipinski definition) is 0. The van der Waals surface area contributed by atoms with Gasteiger partial charge in [0.1, 0.15) is 17.4 Å². The number of aliphatic imine (C=N–C) groups is 1. The molecule has 0 saturated heterocycles. The molecule has 0 radical (unpaired) electrons. The Morgan fingerprint density at radius 2 is 1.56 bits per heavy atom. The van der Waals surface area contributed by atoms with E-state index >= 15 is 0 Å². The van der Waals surface area contributed by atoms with E-state index in [-0.39, 0.29) is 11.6 Å². The van der Waals surface area contributed by atoms with E-state index in [2.05, 4.69) is 15.0 Å². The molecule has 0 saturated carbocycles. The molecule has 0 spiro atoms. The summed E-state index contributed by atoms with van der Waals surface area (Å²) in [5, 5.41) is 0. The lowest BCUT2D eigenvalue weighted by Crippen LogP contribution is -2.12. The van der Waals surface area contributed by atoms with E-state index in [9.17, 15) is 8.78 Å². The van der Waals surface area contributed by atoms with E-state index in [0.717, 1.165) is 28.9 Å². The van der Waals surface area contributed by atoms with Crippen LogP contribution >= 0.6 is 0 Å². The van der Waals surface area contributed by atoms with Gasteiger partial charge in [0, 0.05) is 37.8 Å². The van der Waals surface area contributed by atoms with Crippen LogP contribution in [-0.4, -0.2) is 29.8 Å². The SMILES string of the molecule is CN(C)c1ncc(-c2ccc(C3CCC(c4c(F)cccc4F)=N3)cc2)cn1.Cc1ccco1. The molecule has 174 valence electrons. The van der Waals surface area contributed by atoms with Crippen LogP contribution in [0.4, 0.5) is 14.7 Å². The van der Waals surface area contributed by atoms with Gasteiger partial charge in [0.2, 0.25) is 5.95 Å². The second-order valence-corrected chi connectivity index (χ2v) is 8.24. The van der Waals surface area contributed by atoms with Crippen LogP contribution in [0, 0.1) is 18.6 Å². The summed E-state index contributed by atoms with van der Waals surface area (Å²) >= 11 is 0. The van der Waals surface area contributed by atoms with Gasteiger partial charge in [0.15, 0.2) is 0 Å². The molecule has 0 bridgehead atoms. The largest absolute Gasteiger partial charge is 0.470 e. The fourth-order valence-electron chi connectivity index (χ4n) is 3.75. The molecule has 34 heavy (non-hydrogen) atoms. The van der Waals surface area contributed by atoms with Gasteiger partial charge in [-0.15, -0.1) is 0 Å². The fraction of sp³-hybridized carbons (Fsp3) is 0.222. The van der Waals surface area contributed by atoms with Gasteiger partial charge in [-0.1, -0.05) is 30.3 Å². The molecule has 1 unspecified atom stereocenters. The predicted molar refractivity (Wildman–Crippen MR) is 130 cm³/mol. The second-order valence-electron chi connectivity index (χ2n) is 8.24. The summed E-state index contributed by atoms with van der Waals surface area (Å²) in [5.41, 5.74) is 3.47. The molecule has 1 atom stereocenters. The molecular formula is C27H26F2N4O. The van der Waals surface area contributed by atoms with Gasteiger partial charge >= 0.3 is 0 Å². The van der Waals surface area contributed by atoms with Crippen LogP contribution in [0.15, 0.2) is 82.7 Å². The molecule has 1 aliphatic rings. The molecule has 0 fully saturated rings. The van der Waals surface area contributed by atoms with E-state index in [4.69, 9.17) is 4.42 Å². The average Bonchev–Trinajstić information content (AvgIpc) is 3.52. The van der Waals surface area contributed by atoms with Crippen molar-refractivity contribution in [3.8, 4) is 11.1 Å². The zero-order chi connectivity index (χ0) is 24.1. The highest BCUT2D eigenvalue weighted by Crippen LogP contribution is 2.33. The third-order valence-electron chi connectivity index (χ3n) is 5.55. The number of nitrogens with zero attached hydrogens (tertiary/aromatic N) is 4. The summed E-state index contributed by atoms with van der Waals surface area (Å²) in [6.45, 7) is 1.92. The van der Waals surface area contributed by atoms with E-state index in [1.165, 1.54) is 18.2 Å². The highest BCUT2D eigenvalue weighted by atomic mass is 19.1. The van der Waals surface area contributed by atoms with E-state index in [1.54, 1.807) is 18.7 Å². The fourth-order valence-corrected chi connectivity index (χ4v) is 3.75. The first kappa shape index (κ1) is 23.3. The highest BCUT2D eigenvalue weighted by Gasteiger charge is 2.24. The summed E-state index contributed by atoms with van der Waals surface area (Å²) in [5.74, 6) is 0.510. The number of furan rings is 1. The van der Waals surface area contributed by atoms with Crippen LogP contribution < -0.4 is 4.90 Å². The van der Waals surface area contributed by atoms with Gasteiger partial charge in [0.05, 0.1) is 17.9 Å². The van der Waals surface area contributed by atoms with E-state index in [0.29, 0.717) is 18.1 Å². The molecule has 7 heteroatoms. The number of anilines is 1. The van der Waals surface area contributed by atoms with Crippen LogP contribution in [0.2, 0.25) is 0 Å². The van der Waals surface area contributed by atoms with Crippen LogP contribution in [0.3, 0.4) is 0 Å². The number of rotatable bonds is 4. The zero-order valence-electron chi connectivity index (χ0n) is 19.4. The molecule has 2 aromatic heterocycles. The van der Waals surface area contributed by atoms with Gasteiger partial charge in [-0.3, -0.25) is 4.99 Å². The third kappa shape index (κ3) is 5.36. The molecule has 5 nitrogen and oxygen atoms in total. The van der Waals surface area contributed by atoms with Crippen molar-refractivity contribution in [1.82, 2.24) is 9.97 Å². The van der Waals surface area contributed by atoms with Crippen molar-refractivity contribution in [2.75, 3.05) is 19.0 Å². The van der Waals surface area contributed by atoms with Crippen molar-refractivity contribution in [3.05, 3.63) is 102 Å². The average molecular weight is 461 g/mol. The van der Waals surface area contributed by atoms with Gasteiger partial charge in [-0.2, -0.15) is 0 Å². The lowest BCUT2D eigenvalue weighted by atomic mass is 10.0. The Bertz CT molecular complexity index is 1230. The van der Waals surface area contributed by atoms with Crippen molar-refractivity contribution >= 4 is 11.7 Å². The minimum atomic E-state index is -0.559. The zero-order valence-corrected chi connectivity index (χ0v) is 19.4. The smallest absolute Gasteiger partial charge is 0.224 e. The standard InChI is InChI=1S/C22H20F2N4.C5H6O/c1-28(2)22-25-12-16(13-26-22)14-6-8-15(9-7-14)19-10-11-20(27-19)21-17(23)4-3-5-18(21)24;1-5-3-2-4-6-5/h3-9,12-13,19H,10-11H2,1-2H3;2-4H,1H3. The van der Waals surface area contributed by atoms with Crippen molar-refractivity contribution < 1.29 is 13.2 Å². The van der Waals surface area contributed by atoms with Gasteiger partial charge in [0.25, 0.3) is 0 Å². The molecule has 5 rings (SSSR count). The minimum absolute atomic E-state index is 0.000231. The van der Waals surface area contributed by atoms with Crippen molar-refractivity contribution in [1.29, 1.82) is 0 Å². The summed E-state index contributed by atoms with van der Waals surface area (Å²) in [7, 11) is 3.79. The molecule has 0 N–H and O–H groups in total. The normalized spacial score (nSPS) is 14.9. The quantitative estimate of drug-likeness (QED) is 0.354. The number of aryl methyl sites for hydroxylation is 1. The topological polar surface area (TPSA) is 54.5 Å². The van der Waals surface area contributed by atoms with Crippen LogP contribution in [0.25, 0.3) is 11.1 Å². The number of halogens is 2. The maximum absolute atomic E-state index is 14.0. The molecule has 1 aliphatic heterocycles. The monoisotopic (exact) mass is 460 g/mol. The molecule has 2 aromatic carbocycles. The molecular weight excluding hydrogens is 434 g/mol. The Morgan fingerprint density at radius 1 is 0.882 bits per heavy atom. The maximum Gasteiger partial charge on any atom is 0.224 e. The molecule has 0 amide bonds. The van der Waals surface area contributed by atoms with Crippen molar-refractivity contribution in [2.24, 2.45) is 4.99 Å². The first-order chi connectivity index (χ1) is 16.4. The number of benzene rings is 2. The maximum atomic E-state index is 14.0. The van der Waals surface area contributed by atoms with E-state index in [1.807, 2.05) is 62.3 Å². The van der Waals surface area contributed by atoms with Crippen molar-refractivity contribution in [2.45, 2.75) is 25.8 Å². The lowest BCUT2D eigenvalue weighted by Gasteiger charge is -2.11. The second kappa shape index (κ2) is 10.4. The van der Waals surface area contributed by atoms with E-state index < -0.39 is 11.6 Å². The Kier molecular flexibility index (Phi) is 7.11. The van der Waals surface area contributed by atoms with Gasteiger partial charge in [-0.05, 0) is 55.2 Å². The summed E-state index contributed by atoms with van der Waals surface area (Å²) in [4.78, 5) is 15.1. The highest BCUT2D eigenvalue weighted by molar-refractivity contribution is 6.02. The van der Waals surface area contributed by atoms with Crippen LogP contribution in [0.1, 0.15) is 35.8 Å². The molecule has 4 aromatic rings. The first-order valence-corrected chi connectivity index (χ1v) is 11.0. The van der Waals surface area contributed by atoms with Gasteiger partial charge < -0.3 is 9.32 Å². The summed E-state index contributed by atoms with van der Waals surface area (Å²) in [6, 6.07) is 15.6. The molecule has 3 heterocycles. The van der Waals surface area contributed by atoms with Crippen LogP contribution in [-0.2, 0) is 0 Å². The number of aromatic nitrogens is 2. The summed E-state index contributed by atoms with van der Waals surface area (Å²) < 4.78 is 32.9. The van der Waals surface area contributed by atoms with Gasteiger partial charge in [-0.25, -0.2) is 18.7 Å². The summed E-state index contributed by atoms with van der Waals surface area (Å²) in [6.07, 6.45) is 6.55. The van der Waals surface area contributed by atoms with Crippen molar-refractivity contribution in [3.63, 3.8) is 0 Å². The Balaban J connectivity index is 0.000000398. The Hall–Kier alpha value is -3.87. The third-order valence-corrected chi connectivity index (χ3v) is 5.55. The predicted octanol–water partition coefficient (Wildman–Crippen LogP) is 6.40. The Morgan fingerprint density at radius 3 is 2.09 bits per heavy atom. The molecule has 0 aliphatic carbocycles.